The van der Waals surface area contributed by atoms with Crippen LogP contribution in [0.1, 0.15) is 0 Å². The molecule has 11 heavy (non-hydrogen) atoms. The lowest BCUT2D eigenvalue weighted by Gasteiger charge is -1.90. The van der Waals surface area contributed by atoms with Crippen molar-refractivity contribution >= 4 is 38.4 Å². The number of nitrogens with zero attached hydrogens (tertiary/aromatic N) is 1. The van der Waals surface area contributed by atoms with Crippen molar-refractivity contribution in [2.75, 3.05) is 0 Å². The second kappa shape index (κ2) is 2.50. The summed E-state index contributed by atoms with van der Waals surface area (Å²) in [6.07, 6.45) is 5.23. The Morgan fingerprint density at radius 1 is 1.45 bits per heavy atom. The van der Waals surface area contributed by atoms with Crippen LogP contribution >= 0.6 is 27.5 Å². The first kappa shape index (κ1) is 7.13. The van der Waals surface area contributed by atoms with Crippen molar-refractivity contribution in [2.24, 2.45) is 0 Å². The zero-order valence-corrected chi connectivity index (χ0v) is 7.78. The van der Waals surface area contributed by atoms with Crippen molar-refractivity contribution in [3.05, 3.63) is 28.1 Å². The van der Waals surface area contributed by atoms with Crippen molar-refractivity contribution in [3.63, 3.8) is 0 Å². The number of fused-ring (bicyclic) bond motifs is 1. The first-order valence-electron chi connectivity index (χ1n) is 3.05. The van der Waals surface area contributed by atoms with E-state index in [2.05, 4.69) is 25.9 Å². The molecule has 0 unspecified atom stereocenters. The fourth-order valence-electron chi connectivity index (χ4n) is 0.976. The van der Waals surface area contributed by atoms with Crippen LogP contribution in [-0.4, -0.2) is 9.97 Å². The van der Waals surface area contributed by atoms with Crippen LogP contribution in [0.2, 0.25) is 5.02 Å². The minimum absolute atomic E-state index is 0.646. The van der Waals surface area contributed by atoms with Crippen LogP contribution in [0.5, 0.6) is 0 Å². The summed E-state index contributed by atoms with van der Waals surface area (Å²) < 4.78 is 0.988. The van der Waals surface area contributed by atoms with Crippen molar-refractivity contribution in [1.82, 2.24) is 9.97 Å². The summed E-state index contributed by atoms with van der Waals surface area (Å²) in [6.45, 7) is 0. The molecule has 4 heteroatoms. The minimum Gasteiger partial charge on any atom is -0.359 e. The van der Waals surface area contributed by atoms with Crippen LogP contribution in [0.4, 0.5) is 0 Å². The number of aromatic nitrogens is 2. The highest BCUT2D eigenvalue weighted by molar-refractivity contribution is 9.10. The molecular formula is C7H4BrClN2. The molecule has 2 aromatic heterocycles. The molecule has 0 aliphatic carbocycles. The quantitative estimate of drug-likeness (QED) is 0.742. The molecule has 0 amide bonds. The molecule has 0 aliphatic heterocycles. The Bertz CT molecular complexity index is 396. The van der Waals surface area contributed by atoms with Crippen LogP contribution < -0.4 is 0 Å². The fourth-order valence-corrected chi connectivity index (χ4v) is 1.60. The summed E-state index contributed by atoms with van der Waals surface area (Å²) in [5.41, 5.74) is 0.925. The number of hydrogen-bond donors (Lipinski definition) is 1. The molecule has 56 valence electrons. The van der Waals surface area contributed by atoms with Gasteiger partial charge in [0.1, 0.15) is 0 Å². The predicted molar refractivity (Wildman–Crippen MR) is 48.8 cm³/mol. The summed E-state index contributed by atoms with van der Waals surface area (Å²) in [5.74, 6) is 0. The summed E-state index contributed by atoms with van der Waals surface area (Å²) in [6, 6.07) is 0. The first-order chi connectivity index (χ1) is 5.29. The molecule has 0 saturated carbocycles. The molecule has 1 N–H and O–H groups in total. The average Bonchev–Trinajstić information content (AvgIpc) is 2.35. The van der Waals surface area contributed by atoms with Crippen LogP contribution in [0.3, 0.4) is 0 Å². The van der Waals surface area contributed by atoms with Gasteiger partial charge in [0.15, 0.2) is 0 Å². The lowest BCUT2D eigenvalue weighted by atomic mass is 10.3. The van der Waals surface area contributed by atoms with Crippen LogP contribution in [0, 0.1) is 0 Å². The van der Waals surface area contributed by atoms with Crippen LogP contribution in [0.15, 0.2) is 23.1 Å². The van der Waals surface area contributed by atoms with Crippen molar-refractivity contribution < 1.29 is 0 Å². The molecule has 0 bridgehead atoms. The van der Waals surface area contributed by atoms with Crippen LogP contribution in [-0.2, 0) is 0 Å². The lowest BCUT2D eigenvalue weighted by Crippen LogP contribution is -1.73. The monoisotopic (exact) mass is 230 g/mol. The molecule has 0 saturated heterocycles. The number of halogens is 2. The number of H-pyrrole nitrogens is 1. The molecule has 0 aromatic carbocycles. The number of nitrogens with one attached hydrogen (secondary N) is 1. The third-order valence-corrected chi connectivity index (χ3v) is 2.44. The Morgan fingerprint density at radius 3 is 3.00 bits per heavy atom. The van der Waals surface area contributed by atoms with E-state index in [0.717, 1.165) is 15.4 Å². The second-order valence-electron chi connectivity index (χ2n) is 2.18. The van der Waals surface area contributed by atoms with Gasteiger partial charge in [0.2, 0.25) is 0 Å². The maximum atomic E-state index is 5.86. The van der Waals surface area contributed by atoms with E-state index in [0.29, 0.717) is 5.02 Å². The first-order valence-corrected chi connectivity index (χ1v) is 4.22. The lowest BCUT2D eigenvalue weighted by molar-refractivity contribution is 1.36. The third kappa shape index (κ3) is 1.04. The largest absolute Gasteiger partial charge is 0.359 e. The zero-order chi connectivity index (χ0) is 7.84. The second-order valence-corrected chi connectivity index (χ2v) is 3.44. The molecule has 2 rings (SSSR count). The maximum absolute atomic E-state index is 5.86. The van der Waals surface area contributed by atoms with E-state index in [-0.39, 0.29) is 0 Å². The van der Waals surface area contributed by atoms with Gasteiger partial charge < -0.3 is 4.98 Å². The van der Waals surface area contributed by atoms with Gasteiger partial charge >= 0.3 is 0 Å². The Balaban J connectivity index is 2.94. The van der Waals surface area contributed by atoms with E-state index in [1.165, 1.54) is 0 Å². The Morgan fingerprint density at radius 2 is 2.27 bits per heavy atom. The summed E-state index contributed by atoms with van der Waals surface area (Å²) in [7, 11) is 0. The number of rotatable bonds is 0. The third-order valence-electron chi connectivity index (χ3n) is 1.50. The molecule has 2 aromatic rings. The highest BCUT2D eigenvalue weighted by Gasteiger charge is 2.02. The van der Waals surface area contributed by atoms with E-state index in [1.807, 2.05) is 6.20 Å². The highest BCUT2D eigenvalue weighted by atomic mass is 79.9. The molecule has 2 heterocycles. The van der Waals surface area contributed by atoms with Gasteiger partial charge in [0.05, 0.1) is 10.5 Å². The Labute approximate surface area is 76.7 Å². The van der Waals surface area contributed by atoms with Gasteiger partial charge in [-0.15, -0.1) is 0 Å². The zero-order valence-electron chi connectivity index (χ0n) is 5.44. The smallest absolute Gasteiger partial charge is 0.0830 e. The SMILES string of the molecule is Clc1cncc2c(Br)c[nH]c12. The highest BCUT2D eigenvalue weighted by Crippen LogP contribution is 2.26. The van der Waals surface area contributed by atoms with E-state index >= 15 is 0 Å². The fraction of sp³-hybridized carbons (Fsp3) is 0. The summed E-state index contributed by atoms with van der Waals surface area (Å²) in [4.78, 5) is 7.00. The van der Waals surface area contributed by atoms with Gasteiger partial charge in [0, 0.05) is 28.4 Å². The van der Waals surface area contributed by atoms with Gasteiger partial charge in [-0.1, -0.05) is 11.6 Å². The van der Waals surface area contributed by atoms with E-state index in [1.54, 1.807) is 12.4 Å². The molecular weight excluding hydrogens is 227 g/mol. The molecule has 0 aliphatic rings. The van der Waals surface area contributed by atoms with Crippen LogP contribution in [0.25, 0.3) is 10.9 Å². The van der Waals surface area contributed by atoms with E-state index < -0.39 is 0 Å². The number of pyridine rings is 1. The topological polar surface area (TPSA) is 28.7 Å². The average molecular weight is 231 g/mol. The molecule has 0 atom stereocenters. The van der Waals surface area contributed by atoms with Crippen molar-refractivity contribution in [1.29, 1.82) is 0 Å². The van der Waals surface area contributed by atoms with Gasteiger partial charge in [0.25, 0.3) is 0 Å². The number of aromatic amines is 1. The maximum Gasteiger partial charge on any atom is 0.0830 e. The van der Waals surface area contributed by atoms with E-state index in [4.69, 9.17) is 11.6 Å². The standard InChI is InChI=1S/C7H4BrClN2/c8-5-2-11-7-4(5)1-10-3-6(7)9/h1-3,11H. The van der Waals surface area contributed by atoms with Crippen molar-refractivity contribution in [2.45, 2.75) is 0 Å². The predicted octanol–water partition coefficient (Wildman–Crippen LogP) is 2.98. The van der Waals surface area contributed by atoms with E-state index in [9.17, 15) is 0 Å². The minimum atomic E-state index is 0.646. The molecule has 0 spiro atoms. The van der Waals surface area contributed by atoms with Gasteiger partial charge in [-0.25, -0.2) is 0 Å². The normalized spacial score (nSPS) is 10.7. The summed E-state index contributed by atoms with van der Waals surface area (Å²) >= 11 is 9.23. The number of hydrogen-bond acceptors (Lipinski definition) is 1. The Hall–Kier alpha value is -0.540. The summed E-state index contributed by atoms with van der Waals surface area (Å²) in [5, 5.41) is 1.66. The van der Waals surface area contributed by atoms with Gasteiger partial charge in [-0.3, -0.25) is 4.98 Å². The van der Waals surface area contributed by atoms with Gasteiger partial charge in [-0.05, 0) is 15.9 Å². The van der Waals surface area contributed by atoms with Gasteiger partial charge in [-0.2, -0.15) is 0 Å². The molecule has 0 radical (unpaired) electrons. The Kier molecular flexibility index (Phi) is 1.62. The van der Waals surface area contributed by atoms with Crippen molar-refractivity contribution in [3.8, 4) is 0 Å². The molecule has 0 fully saturated rings. The molecule has 2 nitrogen and oxygen atoms in total.